The number of anilines is 2. The molecule has 1 atom stereocenters. The van der Waals surface area contributed by atoms with Gasteiger partial charge in [-0.3, -0.25) is 4.79 Å². The molecular weight excluding hydrogens is 242 g/mol. The molecule has 5 nitrogen and oxygen atoms in total. The number of hydrogen-bond donors (Lipinski definition) is 2. The van der Waals surface area contributed by atoms with Crippen LogP contribution in [0.3, 0.4) is 0 Å². The van der Waals surface area contributed by atoms with Crippen LogP contribution in [0.2, 0.25) is 0 Å². The molecule has 0 heterocycles. The maximum absolute atomic E-state index is 11.8. The minimum Gasteiger partial charge on any atom is -0.397 e. The van der Waals surface area contributed by atoms with Gasteiger partial charge in [-0.25, -0.2) is 0 Å². The third-order valence-corrected chi connectivity index (χ3v) is 2.68. The van der Waals surface area contributed by atoms with Crippen molar-refractivity contribution in [3.63, 3.8) is 0 Å². The Morgan fingerprint density at radius 1 is 1.47 bits per heavy atom. The summed E-state index contributed by atoms with van der Waals surface area (Å²) < 4.78 is 5.34. The molecule has 5 heteroatoms. The predicted molar refractivity (Wildman–Crippen MR) is 78.4 cm³/mol. The van der Waals surface area contributed by atoms with Gasteiger partial charge in [0.15, 0.2) is 0 Å². The highest BCUT2D eigenvalue weighted by Crippen LogP contribution is 2.21. The summed E-state index contributed by atoms with van der Waals surface area (Å²) in [6, 6.07) is 5.46. The van der Waals surface area contributed by atoms with E-state index in [1.165, 1.54) is 4.90 Å². The van der Waals surface area contributed by atoms with E-state index < -0.39 is 0 Å². The van der Waals surface area contributed by atoms with Gasteiger partial charge in [-0.05, 0) is 32.0 Å². The van der Waals surface area contributed by atoms with Crippen LogP contribution in [-0.2, 0) is 4.74 Å². The number of carbonyl (C=O) groups is 1. The summed E-state index contributed by atoms with van der Waals surface area (Å²) in [4.78, 5) is 13.3. The Bertz CT molecular complexity index is 433. The number of rotatable bonds is 6. The molecule has 1 unspecified atom stereocenters. The first-order valence-corrected chi connectivity index (χ1v) is 6.41. The zero-order valence-electron chi connectivity index (χ0n) is 12.1. The van der Waals surface area contributed by atoms with Crippen molar-refractivity contribution in [3.05, 3.63) is 23.8 Å². The highest BCUT2D eigenvalue weighted by atomic mass is 16.5. The number of carbonyl (C=O) groups excluding carboxylic acids is 1. The zero-order valence-corrected chi connectivity index (χ0v) is 12.1. The lowest BCUT2D eigenvalue weighted by Crippen LogP contribution is -2.23. The smallest absolute Gasteiger partial charge is 0.253 e. The molecule has 0 saturated heterocycles. The third kappa shape index (κ3) is 4.44. The molecule has 106 valence electrons. The molecule has 0 aliphatic rings. The molecule has 0 fully saturated rings. The highest BCUT2D eigenvalue weighted by Gasteiger charge is 2.11. The first kappa shape index (κ1) is 15.3. The Hall–Kier alpha value is -1.75. The number of ether oxygens (including phenoxy) is 1. The second-order valence-corrected chi connectivity index (χ2v) is 4.71. The van der Waals surface area contributed by atoms with Crippen LogP contribution in [0.1, 0.15) is 24.2 Å². The number of nitrogens with one attached hydrogen (secondary N) is 1. The second kappa shape index (κ2) is 6.99. The maximum Gasteiger partial charge on any atom is 0.253 e. The predicted octanol–water partition coefficient (Wildman–Crippen LogP) is 1.81. The van der Waals surface area contributed by atoms with Gasteiger partial charge >= 0.3 is 0 Å². The van der Waals surface area contributed by atoms with E-state index in [2.05, 4.69) is 5.32 Å². The normalized spacial score (nSPS) is 12.0. The topological polar surface area (TPSA) is 67.6 Å². The molecule has 3 N–H and O–H groups in total. The summed E-state index contributed by atoms with van der Waals surface area (Å²) in [6.45, 7) is 5.29. The van der Waals surface area contributed by atoms with Crippen LogP contribution in [0.5, 0.6) is 0 Å². The lowest BCUT2D eigenvalue weighted by molar-refractivity contribution is 0.0827. The minimum absolute atomic E-state index is 0.0550. The van der Waals surface area contributed by atoms with Crippen LogP contribution in [0.4, 0.5) is 11.4 Å². The van der Waals surface area contributed by atoms with E-state index in [4.69, 9.17) is 10.5 Å². The molecule has 1 rings (SSSR count). The van der Waals surface area contributed by atoms with Crippen molar-refractivity contribution in [2.45, 2.75) is 19.9 Å². The van der Waals surface area contributed by atoms with Gasteiger partial charge in [-0.15, -0.1) is 0 Å². The highest BCUT2D eigenvalue weighted by molar-refractivity contribution is 5.95. The van der Waals surface area contributed by atoms with Crippen LogP contribution in [-0.4, -0.2) is 44.2 Å². The van der Waals surface area contributed by atoms with Crippen LogP contribution < -0.4 is 11.1 Å². The van der Waals surface area contributed by atoms with Crippen molar-refractivity contribution >= 4 is 17.3 Å². The molecule has 19 heavy (non-hydrogen) atoms. The number of nitrogen functional groups attached to an aromatic ring is 1. The number of hydrogen-bond acceptors (Lipinski definition) is 4. The van der Waals surface area contributed by atoms with Gasteiger partial charge in [0.05, 0.1) is 18.0 Å². The quantitative estimate of drug-likeness (QED) is 0.770. The summed E-state index contributed by atoms with van der Waals surface area (Å²) in [5.74, 6) is -0.0550. The van der Waals surface area contributed by atoms with Gasteiger partial charge in [0.25, 0.3) is 5.91 Å². The minimum atomic E-state index is -0.0550. The Morgan fingerprint density at radius 2 is 2.16 bits per heavy atom. The number of nitrogens with zero attached hydrogens (tertiary/aromatic N) is 1. The monoisotopic (exact) mass is 265 g/mol. The van der Waals surface area contributed by atoms with Crippen LogP contribution in [0, 0.1) is 0 Å². The molecule has 0 bridgehead atoms. The molecule has 0 aromatic heterocycles. The maximum atomic E-state index is 11.8. The first-order valence-electron chi connectivity index (χ1n) is 6.41. The van der Waals surface area contributed by atoms with Gasteiger partial charge in [0.2, 0.25) is 0 Å². The van der Waals surface area contributed by atoms with Crippen molar-refractivity contribution in [1.29, 1.82) is 0 Å². The van der Waals surface area contributed by atoms with Gasteiger partial charge in [0.1, 0.15) is 0 Å². The molecule has 1 aromatic carbocycles. The van der Waals surface area contributed by atoms with E-state index in [9.17, 15) is 4.79 Å². The molecule has 0 spiro atoms. The average Bonchev–Trinajstić information content (AvgIpc) is 2.37. The Balaban J connectivity index is 2.75. The van der Waals surface area contributed by atoms with Gasteiger partial charge in [0, 0.05) is 32.3 Å². The Kier molecular flexibility index (Phi) is 5.63. The zero-order chi connectivity index (χ0) is 14.4. The van der Waals surface area contributed by atoms with Crippen LogP contribution in [0.25, 0.3) is 0 Å². The van der Waals surface area contributed by atoms with E-state index in [-0.39, 0.29) is 11.9 Å². The molecular formula is C14H23N3O2. The Labute approximate surface area is 114 Å². The fourth-order valence-electron chi connectivity index (χ4n) is 1.69. The van der Waals surface area contributed by atoms with Crippen LogP contribution >= 0.6 is 0 Å². The van der Waals surface area contributed by atoms with Gasteiger partial charge in [-0.2, -0.15) is 0 Å². The largest absolute Gasteiger partial charge is 0.397 e. The SMILES string of the molecule is CCOCC(C)Nc1ccc(C(=O)N(C)C)cc1N. The lowest BCUT2D eigenvalue weighted by Gasteiger charge is -2.17. The lowest BCUT2D eigenvalue weighted by atomic mass is 10.1. The first-order chi connectivity index (χ1) is 8.95. The van der Waals surface area contributed by atoms with E-state index in [0.29, 0.717) is 24.5 Å². The standard InChI is InChI=1S/C14H23N3O2/c1-5-19-9-10(2)16-13-7-6-11(8-12(13)15)14(18)17(3)4/h6-8,10,16H,5,9,15H2,1-4H3. The fraction of sp³-hybridized carbons (Fsp3) is 0.500. The number of amides is 1. The second-order valence-electron chi connectivity index (χ2n) is 4.71. The summed E-state index contributed by atoms with van der Waals surface area (Å²) in [5.41, 5.74) is 7.94. The van der Waals surface area contributed by atoms with Crippen molar-refractivity contribution in [2.24, 2.45) is 0 Å². The van der Waals surface area contributed by atoms with E-state index >= 15 is 0 Å². The molecule has 1 amide bonds. The van der Waals surface area contributed by atoms with Crippen molar-refractivity contribution in [3.8, 4) is 0 Å². The van der Waals surface area contributed by atoms with E-state index in [0.717, 1.165) is 5.69 Å². The number of benzene rings is 1. The van der Waals surface area contributed by atoms with E-state index in [1.54, 1.807) is 26.2 Å². The Morgan fingerprint density at radius 3 is 2.68 bits per heavy atom. The summed E-state index contributed by atoms with van der Waals surface area (Å²) in [7, 11) is 3.43. The summed E-state index contributed by atoms with van der Waals surface area (Å²) in [6.07, 6.45) is 0. The van der Waals surface area contributed by atoms with Crippen LogP contribution in [0.15, 0.2) is 18.2 Å². The average molecular weight is 265 g/mol. The molecule has 0 aliphatic heterocycles. The van der Waals surface area contributed by atoms with Gasteiger partial charge < -0.3 is 20.7 Å². The molecule has 1 aromatic rings. The molecule has 0 radical (unpaired) electrons. The fourth-order valence-corrected chi connectivity index (χ4v) is 1.69. The van der Waals surface area contributed by atoms with E-state index in [1.807, 2.05) is 19.9 Å². The molecule has 0 aliphatic carbocycles. The van der Waals surface area contributed by atoms with Crippen molar-refractivity contribution in [1.82, 2.24) is 4.90 Å². The van der Waals surface area contributed by atoms with Crippen molar-refractivity contribution < 1.29 is 9.53 Å². The summed E-state index contributed by atoms with van der Waals surface area (Å²) >= 11 is 0. The van der Waals surface area contributed by atoms with Crippen molar-refractivity contribution in [2.75, 3.05) is 38.4 Å². The summed E-state index contributed by atoms with van der Waals surface area (Å²) in [5, 5.41) is 3.27. The third-order valence-electron chi connectivity index (χ3n) is 2.68. The van der Waals surface area contributed by atoms with Gasteiger partial charge in [-0.1, -0.05) is 0 Å². The number of nitrogens with two attached hydrogens (primary N) is 1. The molecule has 0 saturated carbocycles.